The second-order valence-electron chi connectivity index (χ2n) is 6.70. The first-order valence-electron chi connectivity index (χ1n) is 9.37. The highest BCUT2D eigenvalue weighted by molar-refractivity contribution is 5.80. The van der Waals surface area contributed by atoms with Crippen LogP contribution in [0.1, 0.15) is 31.4 Å². The van der Waals surface area contributed by atoms with Crippen LogP contribution in [0.5, 0.6) is 0 Å². The molecular weight excluding hydrogens is 314 g/mol. The molecule has 138 valence electrons. The Kier molecular flexibility index (Phi) is 7.44. The highest BCUT2D eigenvalue weighted by Gasteiger charge is 2.24. The van der Waals surface area contributed by atoms with Gasteiger partial charge in [-0.05, 0) is 25.6 Å². The predicted molar refractivity (Wildman–Crippen MR) is 100 cm³/mol. The summed E-state index contributed by atoms with van der Waals surface area (Å²) in [7, 11) is 0. The standard InChI is InChI=1S/C20H31N3O2/c1-4-21(5-2)10-9-19(24)22-11-13-23(14-12-22)20(25)16-18-8-6-7-17(3)15-18/h6-8,15H,4-5,9-14,16H2,1-3H3. The molecule has 1 aromatic rings. The Balaban J connectivity index is 1.76. The maximum absolute atomic E-state index is 12.5. The Bertz CT molecular complexity index is 576. The van der Waals surface area contributed by atoms with Crippen LogP contribution in [0, 0.1) is 6.92 Å². The SMILES string of the molecule is CCN(CC)CCC(=O)N1CCN(C(=O)Cc2cccc(C)c2)CC1. The first-order chi connectivity index (χ1) is 12.0. The minimum absolute atomic E-state index is 0.154. The van der Waals surface area contributed by atoms with E-state index in [1.807, 2.05) is 34.9 Å². The molecule has 2 amide bonds. The van der Waals surface area contributed by atoms with Crippen molar-refractivity contribution < 1.29 is 9.59 Å². The zero-order valence-corrected chi connectivity index (χ0v) is 15.8. The minimum atomic E-state index is 0.154. The fraction of sp³-hybridized carbons (Fsp3) is 0.600. The highest BCUT2D eigenvalue weighted by atomic mass is 16.2. The van der Waals surface area contributed by atoms with Crippen molar-refractivity contribution in [3.8, 4) is 0 Å². The van der Waals surface area contributed by atoms with E-state index in [0.29, 0.717) is 39.0 Å². The fourth-order valence-corrected chi connectivity index (χ4v) is 3.27. The van der Waals surface area contributed by atoms with Crippen LogP contribution in [0.4, 0.5) is 0 Å². The molecular formula is C20H31N3O2. The zero-order chi connectivity index (χ0) is 18.2. The molecule has 0 aromatic heterocycles. The van der Waals surface area contributed by atoms with Crippen molar-refractivity contribution in [2.45, 2.75) is 33.6 Å². The largest absolute Gasteiger partial charge is 0.339 e. The van der Waals surface area contributed by atoms with Gasteiger partial charge in [-0.25, -0.2) is 0 Å². The van der Waals surface area contributed by atoms with E-state index in [1.54, 1.807) is 0 Å². The van der Waals surface area contributed by atoms with Gasteiger partial charge in [0.05, 0.1) is 6.42 Å². The highest BCUT2D eigenvalue weighted by Crippen LogP contribution is 2.10. The lowest BCUT2D eigenvalue weighted by atomic mass is 10.1. The molecule has 1 aromatic carbocycles. The normalized spacial score (nSPS) is 14.9. The number of nitrogens with zero attached hydrogens (tertiary/aromatic N) is 3. The van der Waals surface area contributed by atoms with Crippen LogP contribution in [0.2, 0.25) is 0 Å². The molecule has 1 fully saturated rings. The van der Waals surface area contributed by atoms with E-state index in [0.717, 1.165) is 25.2 Å². The summed E-state index contributed by atoms with van der Waals surface area (Å²) in [6.45, 7) is 11.6. The van der Waals surface area contributed by atoms with Crippen molar-refractivity contribution in [3.05, 3.63) is 35.4 Å². The Morgan fingerprint density at radius 2 is 1.60 bits per heavy atom. The van der Waals surface area contributed by atoms with Crippen LogP contribution in [-0.2, 0) is 16.0 Å². The average Bonchev–Trinajstić information content (AvgIpc) is 2.62. The molecule has 2 rings (SSSR count). The van der Waals surface area contributed by atoms with Gasteiger partial charge in [0.1, 0.15) is 0 Å². The summed E-state index contributed by atoms with van der Waals surface area (Å²) >= 11 is 0. The fourth-order valence-electron chi connectivity index (χ4n) is 3.27. The zero-order valence-electron chi connectivity index (χ0n) is 15.8. The number of hydrogen-bond acceptors (Lipinski definition) is 3. The lowest BCUT2D eigenvalue weighted by Crippen LogP contribution is -2.51. The molecule has 1 aliphatic rings. The van der Waals surface area contributed by atoms with Gasteiger partial charge in [-0.3, -0.25) is 9.59 Å². The van der Waals surface area contributed by atoms with E-state index < -0.39 is 0 Å². The molecule has 5 nitrogen and oxygen atoms in total. The third kappa shape index (κ3) is 5.85. The van der Waals surface area contributed by atoms with Gasteiger partial charge in [-0.2, -0.15) is 0 Å². The number of carbonyl (C=O) groups excluding carboxylic acids is 2. The van der Waals surface area contributed by atoms with Crippen molar-refractivity contribution >= 4 is 11.8 Å². The number of piperazine rings is 1. The van der Waals surface area contributed by atoms with Gasteiger partial charge in [0.2, 0.25) is 11.8 Å². The quantitative estimate of drug-likeness (QED) is 0.759. The van der Waals surface area contributed by atoms with Gasteiger partial charge in [0, 0.05) is 39.1 Å². The van der Waals surface area contributed by atoms with Gasteiger partial charge in [0.15, 0.2) is 0 Å². The second-order valence-corrected chi connectivity index (χ2v) is 6.70. The van der Waals surface area contributed by atoms with Gasteiger partial charge in [-0.1, -0.05) is 43.7 Å². The van der Waals surface area contributed by atoms with Crippen molar-refractivity contribution in [1.82, 2.24) is 14.7 Å². The van der Waals surface area contributed by atoms with Crippen LogP contribution in [-0.4, -0.2) is 72.3 Å². The minimum Gasteiger partial charge on any atom is -0.339 e. The first kappa shape index (κ1) is 19.4. The molecule has 0 unspecified atom stereocenters. The molecule has 0 aliphatic carbocycles. The third-order valence-electron chi connectivity index (χ3n) is 4.96. The van der Waals surface area contributed by atoms with Crippen molar-refractivity contribution in [3.63, 3.8) is 0 Å². The van der Waals surface area contributed by atoms with Crippen LogP contribution >= 0.6 is 0 Å². The topological polar surface area (TPSA) is 43.9 Å². The molecule has 5 heteroatoms. The molecule has 0 atom stereocenters. The molecule has 1 saturated heterocycles. The van der Waals surface area contributed by atoms with E-state index in [1.165, 1.54) is 5.56 Å². The number of carbonyl (C=O) groups is 2. The van der Waals surface area contributed by atoms with Crippen molar-refractivity contribution in [2.24, 2.45) is 0 Å². The van der Waals surface area contributed by atoms with E-state index in [2.05, 4.69) is 24.8 Å². The molecule has 1 aliphatic heterocycles. The smallest absolute Gasteiger partial charge is 0.227 e. The van der Waals surface area contributed by atoms with Crippen molar-refractivity contribution in [1.29, 1.82) is 0 Å². The van der Waals surface area contributed by atoms with Crippen LogP contribution in [0.3, 0.4) is 0 Å². The molecule has 1 heterocycles. The monoisotopic (exact) mass is 345 g/mol. The van der Waals surface area contributed by atoms with Crippen LogP contribution < -0.4 is 0 Å². The van der Waals surface area contributed by atoms with Crippen LogP contribution in [0.25, 0.3) is 0 Å². The molecule has 0 saturated carbocycles. The molecule has 0 bridgehead atoms. The Morgan fingerprint density at radius 3 is 2.16 bits per heavy atom. The maximum Gasteiger partial charge on any atom is 0.227 e. The van der Waals surface area contributed by atoms with Crippen LogP contribution in [0.15, 0.2) is 24.3 Å². The summed E-state index contributed by atoms with van der Waals surface area (Å²) in [6.07, 6.45) is 1.01. The van der Waals surface area contributed by atoms with E-state index >= 15 is 0 Å². The lowest BCUT2D eigenvalue weighted by molar-refractivity contribution is -0.139. The summed E-state index contributed by atoms with van der Waals surface area (Å²) in [5.74, 6) is 0.360. The van der Waals surface area contributed by atoms with Gasteiger partial charge >= 0.3 is 0 Å². The Morgan fingerprint density at radius 1 is 1.00 bits per heavy atom. The molecule has 0 spiro atoms. The second kappa shape index (κ2) is 9.56. The summed E-state index contributed by atoms with van der Waals surface area (Å²) in [5, 5.41) is 0. The third-order valence-corrected chi connectivity index (χ3v) is 4.96. The van der Waals surface area contributed by atoms with E-state index in [4.69, 9.17) is 0 Å². The number of aryl methyl sites for hydroxylation is 1. The first-order valence-corrected chi connectivity index (χ1v) is 9.37. The average molecular weight is 345 g/mol. The van der Waals surface area contributed by atoms with E-state index in [9.17, 15) is 9.59 Å². The molecule has 0 N–H and O–H groups in total. The number of benzene rings is 1. The number of rotatable bonds is 7. The van der Waals surface area contributed by atoms with Crippen molar-refractivity contribution in [2.75, 3.05) is 45.8 Å². The van der Waals surface area contributed by atoms with E-state index in [-0.39, 0.29) is 11.8 Å². The van der Waals surface area contributed by atoms with Gasteiger partial charge in [0.25, 0.3) is 0 Å². The Hall–Kier alpha value is -1.88. The number of amides is 2. The maximum atomic E-state index is 12.5. The summed E-state index contributed by atoms with van der Waals surface area (Å²) in [5.41, 5.74) is 2.23. The summed E-state index contributed by atoms with van der Waals surface area (Å²) in [6, 6.07) is 8.09. The predicted octanol–water partition coefficient (Wildman–Crippen LogP) is 1.94. The Labute approximate surface area is 151 Å². The summed E-state index contributed by atoms with van der Waals surface area (Å²) in [4.78, 5) is 30.9. The molecule has 25 heavy (non-hydrogen) atoms. The van der Waals surface area contributed by atoms with Gasteiger partial charge in [-0.15, -0.1) is 0 Å². The summed E-state index contributed by atoms with van der Waals surface area (Å²) < 4.78 is 0. The number of hydrogen-bond donors (Lipinski definition) is 0. The molecule has 0 radical (unpaired) electrons. The van der Waals surface area contributed by atoms with Gasteiger partial charge < -0.3 is 14.7 Å². The lowest BCUT2D eigenvalue weighted by Gasteiger charge is -2.35.